The topological polar surface area (TPSA) is 47.7 Å². The monoisotopic (exact) mass is 309 g/mol. The first-order valence-electron chi connectivity index (χ1n) is 7.53. The molecule has 0 saturated carbocycles. The van der Waals surface area contributed by atoms with Gasteiger partial charge in [-0.25, -0.2) is 0 Å². The average Bonchev–Trinajstić information content (AvgIpc) is 2.98. The Bertz CT molecular complexity index is 573. The SMILES string of the molecule is CCCCn1nc(C)c(CNCCn2cc(C)cn2)c1Cl. The maximum Gasteiger partial charge on any atom is 0.131 e. The van der Waals surface area contributed by atoms with Crippen LogP contribution in [-0.4, -0.2) is 26.1 Å². The van der Waals surface area contributed by atoms with Crippen molar-refractivity contribution < 1.29 is 0 Å². The Kier molecular flexibility index (Phi) is 5.82. The smallest absolute Gasteiger partial charge is 0.131 e. The highest BCUT2D eigenvalue weighted by molar-refractivity contribution is 6.30. The van der Waals surface area contributed by atoms with Gasteiger partial charge in [-0.1, -0.05) is 24.9 Å². The van der Waals surface area contributed by atoms with Gasteiger partial charge in [0, 0.05) is 31.4 Å². The molecular weight excluding hydrogens is 286 g/mol. The average molecular weight is 310 g/mol. The zero-order valence-corrected chi connectivity index (χ0v) is 13.8. The van der Waals surface area contributed by atoms with Crippen molar-refractivity contribution in [3.63, 3.8) is 0 Å². The molecule has 5 nitrogen and oxygen atoms in total. The molecule has 0 bridgehead atoms. The molecule has 0 spiro atoms. The molecule has 21 heavy (non-hydrogen) atoms. The number of hydrogen-bond acceptors (Lipinski definition) is 3. The third-order valence-electron chi connectivity index (χ3n) is 3.49. The lowest BCUT2D eigenvalue weighted by Crippen LogP contribution is -2.20. The molecule has 0 radical (unpaired) electrons. The molecule has 0 atom stereocenters. The first kappa shape index (κ1) is 16.0. The van der Waals surface area contributed by atoms with Crippen LogP contribution in [0.5, 0.6) is 0 Å². The fourth-order valence-electron chi connectivity index (χ4n) is 2.24. The Labute approximate surface area is 131 Å². The van der Waals surface area contributed by atoms with Gasteiger partial charge in [-0.2, -0.15) is 10.2 Å². The van der Waals surface area contributed by atoms with E-state index in [2.05, 4.69) is 22.4 Å². The van der Waals surface area contributed by atoms with Gasteiger partial charge in [0.25, 0.3) is 0 Å². The van der Waals surface area contributed by atoms with Crippen LogP contribution in [0.25, 0.3) is 0 Å². The number of aromatic nitrogens is 4. The summed E-state index contributed by atoms with van der Waals surface area (Å²) in [5.74, 6) is 0. The fourth-order valence-corrected chi connectivity index (χ4v) is 2.57. The highest BCUT2D eigenvalue weighted by Gasteiger charge is 2.12. The van der Waals surface area contributed by atoms with Crippen molar-refractivity contribution in [2.45, 2.75) is 53.2 Å². The van der Waals surface area contributed by atoms with E-state index in [1.165, 1.54) is 5.56 Å². The molecule has 0 unspecified atom stereocenters. The molecule has 0 saturated heterocycles. The van der Waals surface area contributed by atoms with Crippen LogP contribution >= 0.6 is 11.6 Å². The maximum atomic E-state index is 6.41. The van der Waals surface area contributed by atoms with Crippen LogP contribution in [0.4, 0.5) is 0 Å². The van der Waals surface area contributed by atoms with Gasteiger partial charge >= 0.3 is 0 Å². The van der Waals surface area contributed by atoms with Crippen molar-refractivity contribution in [1.82, 2.24) is 24.9 Å². The molecule has 0 amide bonds. The van der Waals surface area contributed by atoms with Gasteiger partial charge in [0.15, 0.2) is 0 Å². The molecule has 2 rings (SSSR count). The Morgan fingerprint density at radius 3 is 2.76 bits per heavy atom. The summed E-state index contributed by atoms with van der Waals surface area (Å²) in [6, 6.07) is 0. The van der Waals surface area contributed by atoms with Crippen LogP contribution < -0.4 is 5.32 Å². The van der Waals surface area contributed by atoms with Gasteiger partial charge in [-0.05, 0) is 25.8 Å². The van der Waals surface area contributed by atoms with Crippen molar-refractivity contribution in [1.29, 1.82) is 0 Å². The van der Waals surface area contributed by atoms with Crippen molar-refractivity contribution in [3.05, 3.63) is 34.4 Å². The first-order valence-corrected chi connectivity index (χ1v) is 7.91. The molecule has 1 N–H and O–H groups in total. The van der Waals surface area contributed by atoms with Crippen molar-refractivity contribution in [2.24, 2.45) is 0 Å². The summed E-state index contributed by atoms with van der Waals surface area (Å²) in [5, 5.41) is 13.0. The number of nitrogens with one attached hydrogen (secondary N) is 1. The van der Waals surface area contributed by atoms with E-state index in [0.717, 1.165) is 55.4 Å². The summed E-state index contributed by atoms with van der Waals surface area (Å²) < 4.78 is 3.86. The van der Waals surface area contributed by atoms with E-state index in [-0.39, 0.29) is 0 Å². The Morgan fingerprint density at radius 1 is 1.29 bits per heavy atom. The zero-order chi connectivity index (χ0) is 15.2. The summed E-state index contributed by atoms with van der Waals surface area (Å²) in [6.45, 7) is 9.59. The highest BCUT2D eigenvalue weighted by Crippen LogP contribution is 2.20. The van der Waals surface area contributed by atoms with Gasteiger partial charge in [0.2, 0.25) is 0 Å². The summed E-state index contributed by atoms with van der Waals surface area (Å²) in [7, 11) is 0. The van der Waals surface area contributed by atoms with Crippen molar-refractivity contribution in [3.8, 4) is 0 Å². The van der Waals surface area contributed by atoms with E-state index < -0.39 is 0 Å². The second-order valence-electron chi connectivity index (χ2n) is 5.39. The largest absolute Gasteiger partial charge is 0.311 e. The van der Waals surface area contributed by atoms with E-state index in [1.54, 1.807) is 0 Å². The number of unbranched alkanes of at least 4 members (excludes halogenated alkanes) is 1. The van der Waals surface area contributed by atoms with Crippen LogP contribution in [0, 0.1) is 13.8 Å². The van der Waals surface area contributed by atoms with E-state index in [0.29, 0.717) is 0 Å². The lowest BCUT2D eigenvalue weighted by atomic mass is 10.2. The van der Waals surface area contributed by atoms with Crippen molar-refractivity contribution >= 4 is 11.6 Å². The van der Waals surface area contributed by atoms with E-state index in [9.17, 15) is 0 Å². The first-order chi connectivity index (χ1) is 10.1. The fraction of sp³-hybridized carbons (Fsp3) is 0.600. The van der Waals surface area contributed by atoms with Gasteiger partial charge in [0.1, 0.15) is 5.15 Å². The summed E-state index contributed by atoms with van der Waals surface area (Å²) >= 11 is 6.41. The standard InChI is InChI=1S/C15H24ClN5/c1-4-5-7-21-15(16)14(13(3)19-21)10-17-6-8-20-11-12(2)9-18-20/h9,11,17H,4-8,10H2,1-3H3. The van der Waals surface area contributed by atoms with Gasteiger partial charge in [-0.3, -0.25) is 9.36 Å². The normalized spacial score (nSPS) is 11.2. The van der Waals surface area contributed by atoms with Crippen molar-refractivity contribution in [2.75, 3.05) is 6.54 Å². The Morgan fingerprint density at radius 2 is 2.10 bits per heavy atom. The highest BCUT2D eigenvalue weighted by atomic mass is 35.5. The van der Waals surface area contributed by atoms with Crippen LogP contribution in [-0.2, 0) is 19.6 Å². The van der Waals surface area contributed by atoms with Gasteiger partial charge in [-0.15, -0.1) is 0 Å². The van der Waals surface area contributed by atoms with Gasteiger partial charge < -0.3 is 5.32 Å². The number of rotatable bonds is 8. The van der Waals surface area contributed by atoms with E-state index in [1.807, 2.05) is 35.6 Å². The predicted molar refractivity (Wildman–Crippen MR) is 85.6 cm³/mol. The lowest BCUT2D eigenvalue weighted by Gasteiger charge is -2.06. The Hall–Kier alpha value is -1.33. The van der Waals surface area contributed by atoms with E-state index >= 15 is 0 Å². The lowest BCUT2D eigenvalue weighted by molar-refractivity contribution is 0.553. The molecule has 2 heterocycles. The molecular formula is C15H24ClN5. The summed E-state index contributed by atoms with van der Waals surface area (Å²) in [4.78, 5) is 0. The number of halogens is 1. The molecule has 6 heteroatoms. The molecule has 0 aromatic carbocycles. The molecule has 0 aliphatic carbocycles. The Balaban J connectivity index is 1.83. The zero-order valence-electron chi connectivity index (χ0n) is 13.1. The molecule has 0 fully saturated rings. The summed E-state index contributed by atoms with van der Waals surface area (Å²) in [5.41, 5.74) is 3.30. The molecule has 116 valence electrons. The molecule has 2 aromatic heterocycles. The number of aryl methyl sites for hydroxylation is 3. The number of hydrogen-bond donors (Lipinski definition) is 1. The minimum atomic E-state index is 0.747. The van der Waals surface area contributed by atoms with E-state index in [4.69, 9.17) is 11.6 Å². The van der Waals surface area contributed by atoms with Gasteiger partial charge in [0.05, 0.1) is 18.4 Å². The van der Waals surface area contributed by atoms with Crippen LogP contribution in [0.1, 0.15) is 36.6 Å². The molecule has 2 aromatic rings. The second-order valence-corrected chi connectivity index (χ2v) is 5.75. The molecule has 0 aliphatic heterocycles. The van der Waals surface area contributed by atoms with Crippen LogP contribution in [0.3, 0.4) is 0 Å². The van der Waals surface area contributed by atoms with Crippen LogP contribution in [0.15, 0.2) is 12.4 Å². The minimum absolute atomic E-state index is 0.747. The maximum absolute atomic E-state index is 6.41. The third-order valence-corrected chi connectivity index (χ3v) is 3.91. The van der Waals surface area contributed by atoms with Crippen LogP contribution in [0.2, 0.25) is 5.15 Å². The minimum Gasteiger partial charge on any atom is -0.311 e. The molecule has 0 aliphatic rings. The summed E-state index contributed by atoms with van der Waals surface area (Å²) in [6.07, 6.45) is 6.17. The quantitative estimate of drug-likeness (QED) is 0.763. The number of nitrogens with zero attached hydrogens (tertiary/aromatic N) is 4. The third kappa shape index (κ3) is 4.32. The second kappa shape index (κ2) is 7.61. The predicted octanol–water partition coefficient (Wildman–Crippen LogP) is 2.94.